The van der Waals surface area contributed by atoms with Crippen LogP contribution < -0.4 is 20.7 Å². The molecule has 0 radical (unpaired) electrons. The summed E-state index contributed by atoms with van der Waals surface area (Å²) in [5, 5.41) is 7.04. The number of fused-ring (bicyclic) bond motifs is 1. The number of piperidine rings is 1. The highest BCUT2D eigenvalue weighted by atomic mass is 32.1. The van der Waals surface area contributed by atoms with Crippen molar-refractivity contribution >= 4 is 45.2 Å². The van der Waals surface area contributed by atoms with Gasteiger partial charge in [0, 0.05) is 17.9 Å². The van der Waals surface area contributed by atoms with Gasteiger partial charge in [0.15, 0.2) is 0 Å². The number of rotatable bonds is 7. The fraction of sp³-hybridized carbons (Fsp3) is 0.448. The van der Waals surface area contributed by atoms with Gasteiger partial charge in [-0.15, -0.1) is 11.3 Å². The molecule has 4 rings (SSSR count). The van der Waals surface area contributed by atoms with Crippen LogP contribution in [0.3, 0.4) is 0 Å². The quantitative estimate of drug-likeness (QED) is 0.167. The maximum Gasteiger partial charge on any atom is 0.394 e. The van der Waals surface area contributed by atoms with E-state index in [9.17, 15) is 30.9 Å². The molecule has 0 bridgehead atoms. The monoisotopic (exact) mass is 631 g/mol. The number of benzene rings is 2. The molecule has 2 N–H and O–H groups in total. The number of hydrogen-bond acceptors (Lipinski definition) is 6. The Morgan fingerprint density at radius 1 is 1.12 bits per heavy atom. The summed E-state index contributed by atoms with van der Waals surface area (Å²) in [6.45, 7) is 3.69. The zero-order valence-corrected chi connectivity index (χ0v) is 25.3. The predicted molar refractivity (Wildman–Crippen MR) is 158 cm³/mol. The van der Waals surface area contributed by atoms with Crippen LogP contribution in [0.5, 0.6) is 5.75 Å². The highest BCUT2D eigenvalue weighted by molar-refractivity contribution is 7.70. The van der Waals surface area contributed by atoms with Crippen molar-refractivity contribution in [3.8, 4) is 17.6 Å². The van der Waals surface area contributed by atoms with Gasteiger partial charge in [-0.2, -0.15) is 26.3 Å². The number of likely N-dealkylation sites (tertiary alicyclic amines) is 1. The zero-order chi connectivity index (χ0) is 30.9. The third-order valence-corrected chi connectivity index (χ3v) is 9.87. The fourth-order valence-corrected chi connectivity index (χ4v) is 7.04. The molecule has 0 amide bonds. The van der Waals surface area contributed by atoms with Crippen LogP contribution in [-0.2, 0) is 11.0 Å². The highest BCUT2D eigenvalue weighted by Crippen LogP contribution is 2.41. The summed E-state index contributed by atoms with van der Waals surface area (Å²) in [5.74, 6) is 4.55. The van der Waals surface area contributed by atoms with E-state index < -0.39 is 37.9 Å². The first-order valence-electron chi connectivity index (χ1n) is 13.2. The van der Waals surface area contributed by atoms with Crippen molar-refractivity contribution in [2.24, 2.45) is 5.92 Å². The minimum absolute atomic E-state index is 0.00187. The topological polar surface area (TPSA) is 53.6 Å². The molecule has 2 aromatic carbocycles. The smallest absolute Gasteiger partial charge is 0.394 e. The molecule has 0 aliphatic carbocycles. The molecule has 3 aromatic rings. The summed E-state index contributed by atoms with van der Waals surface area (Å²) < 4.78 is 100. The molecule has 1 saturated heterocycles. The number of nitrogens with zero attached hydrogens (tertiary/aromatic N) is 1. The largest absolute Gasteiger partial charge is 0.495 e. The number of alkyl halides is 6. The third-order valence-electron chi connectivity index (χ3n) is 7.15. The second-order valence-corrected chi connectivity index (χ2v) is 15.0. The molecule has 2 heterocycles. The van der Waals surface area contributed by atoms with E-state index >= 15 is 0 Å². The van der Waals surface area contributed by atoms with Crippen LogP contribution in [0.1, 0.15) is 16.9 Å². The van der Waals surface area contributed by atoms with Gasteiger partial charge in [-0.1, -0.05) is 24.0 Å². The molecular formula is C29H32F6N3O2PS. The maximum absolute atomic E-state index is 13.8. The molecule has 1 unspecified atom stereocenters. The van der Waals surface area contributed by atoms with E-state index in [-0.39, 0.29) is 30.0 Å². The van der Waals surface area contributed by atoms with Gasteiger partial charge in [-0.25, -0.2) is 0 Å². The fourth-order valence-electron chi connectivity index (χ4n) is 5.01. The van der Waals surface area contributed by atoms with Crippen molar-refractivity contribution in [1.82, 2.24) is 4.90 Å². The molecule has 13 heteroatoms. The van der Waals surface area contributed by atoms with Gasteiger partial charge in [0.25, 0.3) is 0 Å². The van der Waals surface area contributed by atoms with Gasteiger partial charge in [-0.05, 0) is 68.6 Å². The Balaban J connectivity index is 1.63. The van der Waals surface area contributed by atoms with Crippen molar-refractivity contribution in [2.45, 2.75) is 31.2 Å². The Kier molecular flexibility index (Phi) is 9.46. The Bertz CT molecular complexity index is 1540. The molecule has 0 saturated carbocycles. The lowest BCUT2D eigenvalue weighted by Gasteiger charge is -2.38. The minimum Gasteiger partial charge on any atom is -0.495 e. The first kappa shape index (κ1) is 32.1. The van der Waals surface area contributed by atoms with Crippen LogP contribution in [0.25, 0.3) is 10.1 Å². The lowest BCUT2D eigenvalue weighted by atomic mass is 9.91. The van der Waals surface area contributed by atoms with E-state index in [1.807, 2.05) is 0 Å². The molecule has 2 atom stereocenters. The number of ether oxygens (including phenoxy) is 1. The lowest BCUT2D eigenvalue weighted by molar-refractivity contribution is -0.188. The molecule has 1 fully saturated rings. The molecule has 5 nitrogen and oxygen atoms in total. The van der Waals surface area contributed by atoms with Crippen molar-refractivity contribution in [3.05, 3.63) is 46.8 Å². The van der Waals surface area contributed by atoms with Crippen LogP contribution >= 0.6 is 18.5 Å². The molecular weight excluding hydrogens is 599 g/mol. The van der Waals surface area contributed by atoms with Gasteiger partial charge in [0.1, 0.15) is 12.9 Å². The normalized spacial score (nSPS) is 18.4. The summed E-state index contributed by atoms with van der Waals surface area (Å²) in [7, 11) is 0.603. The summed E-state index contributed by atoms with van der Waals surface area (Å²) in [5.41, 5.74) is 0.947. The number of anilines is 2. The first-order valence-corrected chi connectivity index (χ1v) is 16.6. The molecule has 0 spiro atoms. The van der Waals surface area contributed by atoms with E-state index in [0.29, 0.717) is 39.1 Å². The maximum atomic E-state index is 13.8. The standard InChI is InChI=1S/C29H32F6N3O2PS/c1-38-14-12-22(21(17-38)29(33,34)35)37-24-8-5-7-19-20(16-28(30,31)32)26(42-27(19)24)9-6-13-36-23-11-10-18(41(3,4)39)15-25(23)40-2/h5,7-8,10-11,15,21-22,36-37H,12-14,16-17H2,1-4H3/t21-,22?/m0/s1. The summed E-state index contributed by atoms with van der Waals surface area (Å²) in [4.78, 5) is 1.83. The van der Waals surface area contributed by atoms with Crippen molar-refractivity contribution in [2.75, 3.05) is 57.8 Å². The van der Waals surface area contributed by atoms with Crippen LogP contribution in [0, 0.1) is 17.8 Å². The van der Waals surface area contributed by atoms with Crippen LogP contribution in [0.2, 0.25) is 0 Å². The van der Waals surface area contributed by atoms with E-state index in [0.717, 1.165) is 11.3 Å². The third kappa shape index (κ3) is 7.74. The summed E-state index contributed by atoms with van der Waals surface area (Å²) in [6.07, 6.45) is -9.89. The highest BCUT2D eigenvalue weighted by Gasteiger charge is 2.47. The summed E-state index contributed by atoms with van der Waals surface area (Å²) in [6, 6.07) is 8.88. The Morgan fingerprint density at radius 3 is 2.50 bits per heavy atom. The Labute approximate surface area is 245 Å². The number of thiophene rings is 1. The number of methoxy groups -OCH3 is 1. The van der Waals surface area contributed by atoms with E-state index in [1.165, 1.54) is 7.11 Å². The second kappa shape index (κ2) is 12.4. The Hall–Kier alpha value is -2.87. The van der Waals surface area contributed by atoms with Crippen molar-refractivity contribution in [3.63, 3.8) is 0 Å². The van der Waals surface area contributed by atoms with E-state index in [1.54, 1.807) is 61.7 Å². The van der Waals surface area contributed by atoms with Crippen LogP contribution in [0.4, 0.5) is 37.7 Å². The van der Waals surface area contributed by atoms with Crippen molar-refractivity contribution in [1.29, 1.82) is 0 Å². The van der Waals surface area contributed by atoms with E-state index in [4.69, 9.17) is 4.74 Å². The second-order valence-electron chi connectivity index (χ2n) is 10.7. The molecule has 1 aromatic heterocycles. The lowest BCUT2D eigenvalue weighted by Crippen LogP contribution is -2.50. The number of halogens is 6. The Morgan fingerprint density at radius 2 is 1.86 bits per heavy atom. The van der Waals surface area contributed by atoms with Crippen LogP contribution in [0.15, 0.2) is 36.4 Å². The van der Waals surface area contributed by atoms with Gasteiger partial charge in [0.05, 0.1) is 46.9 Å². The SMILES string of the molecule is COc1cc(P(C)(C)=O)ccc1NCC#Cc1sc2c(NC3CCN(C)C[C@@H]3C(F)(F)F)cccc2c1CC(F)(F)F. The number of nitrogens with one attached hydrogen (secondary N) is 2. The van der Waals surface area contributed by atoms with Gasteiger partial charge in [-0.3, -0.25) is 0 Å². The van der Waals surface area contributed by atoms with Crippen molar-refractivity contribution < 1.29 is 35.6 Å². The average Bonchev–Trinajstić information content (AvgIpc) is 3.23. The van der Waals surface area contributed by atoms with Gasteiger partial charge in [0.2, 0.25) is 0 Å². The molecule has 1 aliphatic heterocycles. The minimum atomic E-state index is -4.51. The molecule has 1 aliphatic rings. The molecule has 228 valence electrons. The number of hydrogen-bond donors (Lipinski definition) is 2. The molecule has 42 heavy (non-hydrogen) atoms. The average molecular weight is 632 g/mol. The van der Waals surface area contributed by atoms with Gasteiger partial charge >= 0.3 is 12.4 Å². The summed E-state index contributed by atoms with van der Waals surface area (Å²) >= 11 is 1.04. The van der Waals surface area contributed by atoms with Crippen LogP contribution in [-0.4, -0.2) is 70.4 Å². The van der Waals surface area contributed by atoms with E-state index in [2.05, 4.69) is 22.5 Å². The van der Waals surface area contributed by atoms with Gasteiger partial charge < -0.3 is 24.8 Å². The zero-order valence-electron chi connectivity index (χ0n) is 23.5. The first-order chi connectivity index (χ1) is 19.6. The predicted octanol–water partition coefficient (Wildman–Crippen LogP) is 7.02.